The lowest BCUT2D eigenvalue weighted by atomic mass is 10.1. The van der Waals surface area contributed by atoms with E-state index in [1.807, 2.05) is 12.1 Å². The van der Waals surface area contributed by atoms with Crippen molar-refractivity contribution in [2.75, 3.05) is 0 Å². The largest absolute Gasteiger partial charge is 0.416 e. The van der Waals surface area contributed by atoms with E-state index < -0.39 is 23.5 Å². The molecule has 0 saturated heterocycles. The van der Waals surface area contributed by atoms with Crippen molar-refractivity contribution in [1.29, 1.82) is 0 Å². The van der Waals surface area contributed by atoms with Gasteiger partial charge in [0, 0.05) is 16.5 Å². The van der Waals surface area contributed by atoms with Crippen molar-refractivity contribution < 1.29 is 26.3 Å². The first-order valence-corrected chi connectivity index (χ1v) is 16.9. The van der Waals surface area contributed by atoms with Crippen LogP contribution >= 0.6 is 22.7 Å². The number of halogens is 6. The van der Waals surface area contributed by atoms with Crippen LogP contribution in [0.1, 0.15) is 11.1 Å². The van der Waals surface area contributed by atoms with E-state index in [4.69, 9.17) is 9.97 Å². The Morgan fingerprint density at radius 1 is 0.365 bits per heavy atom. The number of aromatic nitrogens is 8. The maximum absolute atomic E-state index is 13.0. The molecule has 6 aromatic heterocycles. The summed E-state index contributed by atoms with van der Waals surface area (Å²) in [6, 6.07) is 27.3. The third-order valence-corrected chi connectivity index (χ3v) is 9.73. The topological polar surface area (TPSA) is 103 Å². The van der Waals surface area contributed by atoms with Gasteiger partial charge in [0.2, 0.25) is 0 Å². The molecule has 0 amide bonds. The Morgan fingerprint density at radius 2 is 0.712 bits per heavy atom. The maximum Gasteiger partial charge on any atom is 0.416 e. The molecule has 0 saturated carbocycles. The van der Waals surface area contributed by atoms with Crippen molar-refractivity contribution >= 4 is 33.7 Å². The molecule has 0 aliphatic rings. The van der Waals surface area contributed by atoms with Crippen LogP contribution in [0, 0.1) is 0 Å². The molecular weight excluding hydrogens is 723 g/mol. The molecule has 0 bridgehead atoms. The van der Waals surface area contributed by atoms with Gasteiger partial charge in [-0.15, -0.1) is 20.4 Å². The molecule has 8 nitrogen and oxygen atoms in total. The molecule has 0 aliphatic carbocycles. The summed E-state index contributed by atoms with van der Waals surface area (Å²) >= 11 is 2.52. The highest BCUT2D eigenvalue weighted by molar-refractivity contribution is 7.18. The SMILES string of the molecule is FC(F)(F)c1ccc(-c2cccc(-c3nnc(-c4ccc5ccc(-c6nnc(-c7cccc(-c8ccc(C(F)(F)F)cc8)n7)s6)nc5n4)s3)n2)cc1. The van der Waals surface area contributed by atoms with Gasteiger partial charge in [0.05, 0.1) is 22.5 Å². The van der Waals surface area contributed by atoms with Crippen LogP contribution in [0.3, 0.4) is 0 Å². The van der Waals surface area contributed by atoms with Crippen LogP contribution in [-0.4, -0.2) is 40.3 Å². The van der Waals surface area contributed by atoms with Crippen LogP contribution in [0.2, 0.25) is 0 Å². The van der Waals surface area contributed by atoms with Gasteiger partial charge in [-0.05, 0) is 72.8 Å². The molecule has 8 rings (SSSR count). The average Bonchev–Trinajstić information content (AvgIpc) is 3.86. The first kappa shape index (κ1) is 33.2. The Labute approximate surface area is 297 Å². The van der Waals surface area contributed by atoms with Crippen LogP contribution in [0.15, 0.2) is 109 Å². The number of nitrogens with zero attached hydrogens (tertiary/aromatic N) is 8. The quantitative estimate of drug-likeness (QED) is 0.155. The summed E-state index contributed by atoms with van der Waals surface area (Å²) in [4.78, 5) is 18.6. The van der Waals surface area contributed by atoms with Crippen LogP contribution in [-0.2, 0) is 12.4 Å². The van der Waals surface area contributed by atoms with E-state index in [0.717, 1.165) is 29.7 Å². The zero-order chi connectivity index (χ0) is 36.0. The molecule has 6 heterocycles. The maximum atomic E-state index is 13.0. The van der Waals surface area contributed by atoms with E-state index in [-0.39, 0.29) is 0 Å². The molecule has 8 aromatic rings. The summed E-state index contributed by atoms with van der Waals surface area (Å²) in [5.41, 5.74) is 3.08. The minimum Gasteiger partial charge on any atom is -0.245 e. The fourth-order valence-electron chi connectivity index (χ4n) is 5.19. The van der Waals surface area contributed by atoms with E-state index >= 15 is 0 Å². The first-order chi connectivity index (χ1) is 25.0. The normalized spacial score (nSPS) is 12.0. The van der Waals surface area contributed by atoms with Crippen LogP contribution in [0.5, 0.6) is 0 Å². The standard InChI is InChI=1S/C36H18F6N8S2/c37-35(38,39)22-13-7-19(8-14-22)24-3-1-5-26(43-24)31-47-49-33(51-31)28-17-11-21-12-18-29(46-30(21)45-28)34-50-48-32(52-34)27-6-2-4-25(44-27)20-9-15-23(16-10-20)36(40,41)42/h1-18H. The second-order valence-corrected chi connectivity index (χ2v) is 13.2. The fourth-order valence-corrected chi connectivity index (χ4v) is 6.75. The number of hydrogen-bond acceptors (Lipinski definition) is 10. The van der Waals surface area contributed by atoms with Gasteiger partial charge in [-0.25, -0.2) is 19.9 Å². The predicted molar refractivity (Wildman–Crippen MR) is 185 cm³/mol. The molecule has 52 heavy (non-hydrogen) atoms. The van der Waals surface area contributed by atoms with E-state index in [2.05, 4.69) is 30.4 Å². The molecule has 0 spiro atoms. The zero-order valence-corrected chi connectivity index (χ0v) is 27.7. The highest BCUT2D eigenvalue weighted by atomic mass is 32.1. The molecule has 0 unspecified atom stereocenters. The molecule has 2 aromatic carbocycles. The van der Waals surface area contributed by atoms with Crippen molar-refractivity contribution in [3.05, 3.63) is 120 Å². The summed E-state index contributed by atoms with van der Waals surface area (Å²) in [5, 5.41) is 20.0. The van der Waals surface area contributed by atoms with E-state index in [1.54, 1.807) is 48.5 Å². The smallest absolute Gasteiger partial charge is 0.245 e. The Hall–Kier alpha value is -6.00. The fraction of sp³-hybridized carbons (Fsp3) is 0.0556. The van der Waals surface area contributed by atoms with Gasteiger partial charge in [0.15, 0.2) is 25.7 Å². The van der Waals surface area contributed by atoms with E-state index in [0.29, 0.717) is 71.0 Å². The third kappa shape index (κ3) is 6.72. The summed E-state index contributed by atoms with van der Waals surface area (Å²) < 4.78 is 78.1. The molecule has 16 heteroatoms. The molecule has 0 radical (unpaired) electrons. The highest BCUT2D eigenvalue weighted by Gasteiger charge is 2.31. The van der Waals surface area contributed by atoms with Crippen molar-refractivity contribution in [3.63, 3.8) is 0 Å². The number of alkyl halides is 6. The molecule has 0 N–H and O–H groups in total. The summed E-state index contributed by atoms with van der Waals surface area (Å²) in [5.74, 6) is 0. The Morgan fingerprint density at radius 3 is 1.08 bits per heavy atom. The van der Waals surface area contributed by atoms with E-state index in [1.165, 1.54) is 46.9 Å². The van der Waals surface area contributed by atoms with Crippen LogP contribution in [0.25, 0.3) is 76.4 Å². The minimum atomic E-state index is -4.43. The predicted octanol–water partition coefficient (Wildman–Crippen LogP) is 10.2. The molecule has 0 atom stereocenters. The van der Waals surface area contributed by atoms with Gasteiger partial charge >= 0.3 is 12.4 Å². The van der Waals surface area contributed by atoms with Crippen molar-refractivity contribution in [2.24, 2.45) is 0 Å². The summed E-state index contributed by atoms with van der Waals surface area (Å²) in [6.45, 7) is 0. The number of fused-ring (bicyclic) bond motifs is 1. The first-order valence-electron chi connectivity index (χ1n) is 15.2. The average molecular weight is 741 g/mol. The number of benzene rings is 2. The van der Waals surface area contributed by atoms with Gasteiger partial charge in [0.25, 0.3) is 0 Å². The van der Waals surface area contributed by atoms with Crippen LogP contribution in [0.4, 0.5) is 26.3 Å². The van der Waals surface area contributed by atoms with Gasteiger partial charge in [0.1, 0.15) is 22.8 Å². The highest BCUT2D eigenvalue weighted by Crippen LogP contribution is 2.35. The second-order valence-electron chi connectivity index (χ2n) is 11.2. The Bertz CT molecular complexity index is 2390. The lowest BCUT2D eigenvalue weighted by molar-refractivity contribution is -0.138. The van der Waals surface area contributed by atoms with Crippen molar-refractivity contribution in [2.45, 2.75) is 12.4 Å². The molecule has 256 valence electrons. The lowest BCUT2D eigenvalue weighted by Gasteiger charge is -2.07. The summed E-state index contributed by atoms with van der Waals surface area (Å²) in [6.07, 6.45) is -8.86. The number of rotatable bonds is 6. The second kappa shape index (κ2) is 13.0. The molecular formula is C36H18F6N8S2. The molecule has 0 aliphatic heterocycles. The Kier molecular flexibility index (Phi) is 8.26. The van der Waals surface area contributed by atoms with Gasteiger partial charge < -0.3 is 0 Å². The summed E-state index contributed by atoms with van der Waals surface area (Å²) in [7, 11) is 0. The van der Waals surface area contributed by atoms with Gasteiger partial charge in [-0.2, -0.15) is 26.3 Å². The molecule has 0 fully saturated rings. The van der Waals surface area contributed by atoms with Gasteiger partial charge in [-0.1, -0.05) is 59.1 Å². The van der Waals surface area contributed by atoms with Crippen molar-refractivity contribution in [1.82, 2.24) is 40.3 Å². The van der Waals surface area contributed by atoms with E-state index in [9.17, 15) is 26.3 Å². The lowest BCUT2D eigenvalue weighted by Crippen LogP contribution is -2.04. The minimum absolute atomic E-state index is 0.438. The monoisotopic (exact) mass is 740 g/mol. The van der Waals surface area contributed by atoms with Crippen molar-refractivity contribution in [3.8, 4) is 65.3 Å². The number of pyridine rings is 4. The Balaban J connectivity index is 1.03. The zero-order valence-electron chi connectivity index (χ0n) is 26.1. The van der Waals surface area contributed by atoms with Gasteiger partial charge in [-0.3, -0.25) is 0 Å². The van der Waals surface area contributed by atoms with Crippen LogP contribution < -0.4 is 0 Å². The number of hydrogen-bond donors (Lipinski definition) is 0. The third-order valence-electron chi connectivity index (χ3n) is 7.79.